The zero-order valence-corrected chi connectivity index (χ0v) is 12.5. The average molecular weight is 301 g/mol. The van der Waals surface area contributed by atoms with Gasteiger partial charge in [-0.3, -0.25) is 0 Å². The Labute approximate surface area is 118 Å². The number of phenolic OH excluding ortho intramolecular Hbond substituents is 1. The van der Waals surface area contributed by atoms with Crippen LogP contribution in [0.4, 0.5) is 0 Å². The second-order valence-electron chi connectivity index (χ2n) is 4.62. The Morgan fingerprint density at radius 3 is 2.79 bits per heavy atom. The number of hydrogen-bond acceptors (Lipinski definition) is 4. The molecule has 106 valence electrons. The van der Waals surface area contributed by atoms with Crippen LogP contribution in [0.25, 0.3) is 0 Å². The highest BCUT2D eigenvalue weighted by atomic mass is 32.2. The summed E-state index contributed by atoms with van der Waals surface area (Å²) < 4.78 is 27.3. The summed E-state index contributed by atoms with van der Waals surface area (Å²) in [5.74, 6) is 0.784. The second-order valence-corrected chi connectivity index (χ2v) is 7.82. The lowest BCUT2D eigenvalue weighted by molar-refractivity contribution is 0.457. The molecule has 2 unspecified atom stereocenters. The van der Waals surface area contributed by atoms with Gasteiger partial charge in [-0.05, 0) is 30.7 Å². The third-order valence-electron chi connectivity index (χ3n) is 3.29. The predicted molar refractivity (Wildman–Crippen MR) is 78.0 cm³/mol. The van der Waals surface area contributed by atoms with E-state index < -0.39 is 10.0 Å². The molecule has 0 bridgehead atoms. The summed E-state index contributed by atoms with van der Waals surface area (Å²) >= 11 is 1.80. The van der Waals surface area contributed by atoms with Gasteiger partial charge in [0.05, 0.1) is 0 Å². The minimum Gasteiger partial charge on any atom is -0.507 e. The molecule has 1 saturated carbocycles. The van der Waals surface area contributed by atoms with E-state index in [1.54, 1.807) is 23.9 Å². The Bertz CT molecular complexity index is 530. The van der Waals surface area contributed by atoms with Crippen LogP contribution in [0.5, 0.6) is 5.75 Å². The molecular formula is C13H19NO3S2. The molecule has 2 atom stereocenters. The van der Waals surface area contributed by atoms with Crippen molar-refractivity contribution in [2.45, 2.75) is 42.4 Å². The fraction of sp³-hybridized carbons (Fsp3) is 0.538. The molecule has 0 radical (unpaired) electrons. The van der Waals surface area contributed by atoms with Gasteiger partial charge in [0.15, 0.2) is 0 Å². The van der Waals surface area contributed by atoms with Crippen LogP contribution in [-0.2, 0) is 10.0 Å². The molecule has 0 spiro atoms. The van der Waals surface area contributed by atoms with Crippen molar-refractivity contribution in [1.82, 2.24) is 4.72 Å². The number of benzene rings is 1. The molecule has 2 N–H and O–H groups in total. The zero-order chi connectivity index (χ0) is 13.9. The van der Waals surface area contributed by atoms with E-state index in [-0.39, 0.29) is 16.7 Å². The molecule has 0 heterocycles. The van der Waals surface area contributed by atoms with Gasteiger partial charge in [-0.2, -0.15) is 11.8 Å². The Morgan fingerprint density at radius 2 is 2.11 bits per heavy atom. The smallest absolute Gasteiger partial charge is 0.244 e. The van der Waals surface area contributed by atoms with E-state index in [2.05, 4.69) is 11.6 Å². The normalized spacial score (nSPS) is 23.6. The minimum atomic E-state index is -3.64. The molecule has 19 heavy (non-hydrogen) atoms. The van der Waals surface area contributed by atoms with Gasteiger partial charge in [0.25, 0.3) is 0 Å². The van der Waals surface area contributed by atoms with Crippen molar-refractivity contribution in [2.24, 2.45) is 0 Å². The number of hydrogen-bond donors (Lipinski definition) is 2. The third-order valence-corrected chi connectivity index (χ3v) is 6.16. The number of para-hydroxylation sites is 1. The highest BCUT2D eigenvalue weighted by molar-refractivity contribution is 8.00. The number of nitrogens with one attached hydrogen (secondary N) is 1. The van der Waals surface area contributed by atoms with Crippen LogP contribution in [0.1, 0.15) is 26.2 Å². The Balaban J connectivity index is 2.16. The minimum absolute atomic E-state index is 0.0328. The van der Waals surface area contributed by atoms with Crippen molar-refractivity contribution in [3.8, 4) is 5.75 Å². The monoisotopic (exact) mass is 301 g/mol. The van der Waals surface area contributed by atoms with Gasteiger partial charge in [0.2, 0.25) is 10.0 Å². The molecule has 0 aromatic heterocycles. The summed E-state index contributed by atoms with van der Waals surface area (Å²) in [6, 6.07) is 6.01. The first-order chi connectivity index (χ1) is 9.04. The van der Waals surface area contributed by atoms with E-state index in [4.69, 9.17) is 0 Å². The van der Waals surface area contributed by atoms with Crippen LogP contribution in [0.15, 0.2) is 29.2 Å². The standard InChI is InChI=1S/C13H19NO3S2/c1-2-18-12-8-5-6-10(12)14-19(16,17)13-9-4-3-7-11(13)15/h3-4,7,9-10,12,14-15H,2,5-6,8H2,1H3. The van der Waals surface area contributed by atoms with Crippen LogP contribution in [0.3, 0.4) is 0 Å². The zero-order valence-electron chi connectivity index (χ0n) is 10.9. The van der Waals surface area contributed by atoms with Gasteiger partial charge in [-0.15, -0.1) is 0 Å². The maximum Gasteiger partial charge on any atom is 0.244 e. The number of thioether (sulfide) groups is 1. The molecule has 1 fully saturated rings. The molecule has 1 aliphatic carbocycles. The van der Waals surface area contributed by atoms with E-state index in [0.717, 1.165) is 25.0 Å². The van der Waals surface area contributed by atoms with Crippen LogP contribution < -0.4 is 4.72 Å². The number of sulfonamides is 1. The van der Waals surface area contributed by atoms with Crippen molar-refractivity contribution in [1.29, 1.82) is 0 Å². The maximum absolute atomic E-state index is 12.3. The van der Waals surface area contributed by atoms with Crippen molar-refractivity contribution < 1.29 is 13.5 Å². The van der Waals surface area contributed by atoms with Crippen LogP contribution >= 0.6 is 11.8 Å². The molecule has 6 heteroatoms. The molecule has 0 aliphatic heterocycles. The Kier molecular flexibility index (Phi) is 4.76. The summed E-state index contributed by atoms with van der Waals surface area (Å²) in [7, 11) is -3.64. The summed E-state index contributed by atoms with van der Waals surface area (Å²) in [5, 5.41) is 10.0. The molecular weight excluding hydrogens is 282 g/mol. The predicted octanol–water partition coefficient (Wildman–Crippen LogP) is 2.34. The summed E-state index contributed by atoms with van der Waals surface area (Å²) in [6.07, 6.45) is 2.96. The molecule has 0 amide bonds. The molecule has 2 rings (SSSR count). The number of phenols is 1. The van der Waals surface area contributed by atoms with E-state index in [1.165, 1.54) is 12.1 Å². The van der Waals surface area contributed by atoms with E-state index in [9.17, 15) is 13.5 Å². The summed E-state index contributed by atoms with van der Waals surface area (Å²) in [5.41, 5.74) is 0. The van der Waals surface area contributed by atoms with Gasteiger partial charge in [-0.1, -0.05) is 25.5 Å². The van der Waals surface area contributed by atoms with Crippen LogP contribution in [-0.4, -0.2) is 30.6 Å². The van der Waals surface area contributed by atoms with Crippen LogP contribution in [0, 0.1) is 0 Å². The van der Waals surface area contributed by atoms with Crippen molar-refractivity contribution >= 4 is 21.8 Å². The van der Waals surface area contributed by atoms with E-state index >= 15 is 0 Å². The van der Waals surface area contributed by atoms with Crippen molar-refractivity contribution in [3.05, 3.63) is 24.3 Å². The lowest BCUT2D eigenvalue weighted by Gasteiger charge is -2.20. The number of rotatable bonds is 5. The van der Waals surface area contributed by atoms with Crippen molar-refractivity contribution in [3.63, 3.8) is 0 Å². The van der Waals surface area contributed by atoms with Gasteiger partial charge >= 0.3 is 0 Å². The second kappa shape index (κ2) is 6.15. The maximum atomic E-state index is 12.3. The van der Waals surface area contributed by atoms with E-state index in [1.807, 2.05) is 0 Å². The van der Waals surface area contributed by atoms with Gasteiger partial charge in [0.1, 0.15) is 10.6 Å². The third kappa shape index (κ3) is 3.43. The first-order valence-electron chi connectivity index (χ1n) is 6.46. The SMILES string of the molecule is CCSC1CCCC1NS(=O)(=O)c1ccccc1O. The summed E-state index contributed by atoms with van der Waals surface area (Å²) in [4.78, 5) is -0.0397. The highest BCUT2D eigenvalue weighted by Crippen LogP contribution is 2.31. The Morgan fingerprint density at radius 1 is 1.37 bits per heavy atom. The first kappa shape index (κ1) is 14.7. The molecule has 1 aliphatic rings. The fourth-order valence-corrected chi connectivity index (χ4v) is 5.11. The molecule has 0 saturated heterocycles. The molecule has 1 aromatic rings. The topological polar surface area (TPSA) is 66.4 Å². The first-order valence-corrected chi connectivity index (χ1v) is 8.99. The fourth-order valence-electron chi connectivity index (χ4n) is 2.42. The Hall–Kier alpha value is -0.720. The largest absolute Gasteiger partial charge is 0.507 e. The van der Waals surface area contributed by atoms with Gasteiger partial charge < -0.3 is 5.11 Å². The summed E-state index contributed by atoms with van der Waals surface area (Å²) in [6.45, 7) is 2.08. The van der Waals surface area contributed by atoms with E-state index in [0.29, 0.717) is 5.25 Å². The highest BCUT2D eigenvalue weighted by Gasteiger charge is 2.31. The average Bonchev–Trinajstić information content (AvgIpc) is 2.77. The molecule has 4 nitrogen and oxygen atoms in total. The van der Waals surface area contributed by atoms with Crippen LogP contribution in [0.2, 0.25) is 0 Å². The van der Waals surface area contributed by atoms with Crippen molar-refractivity contribution in [2.75, 3.05) is 5.75 Å². The molecule has 1 aromatic carbocycles. The van der Waals surface area contributed by atoms with Gasteiger partial charge in [0, 0.05) is 11.3 Å². The lowest BCUT2D eigenvalue weighted by Crippen LogP contribution is -2.38. The lowest BCUT2D eigenvalue weighted by atomic mass is 10.3. The van der Waals surface area contributed by atoms with Gasteiger partial charge in [-0.25, -0.2) is 13.1 Å². The number of aromatic hydroxyl groups is 1. The quantitative estimate of drug-likeness (QED) is 0.876.